The van der Waals surface area contributed by atoms with E-state index >= 15 is 0 Å². The number of amides is 1. The van der Waals surface area contributed by atoms with Crippen molar-refractivity contribution in [2.75, 3.05) is 26.1 Å². The van der Waals surface area contributed by atoms with Crippen LogP contribution in [0.1, 0.15) is 21.7 Å². The molecule has 0 radical (unpaired) electrons. The minimum Gasteiger partial charge on any atom is -0.493 e. The summed E-state index contributed by atoms with van der Waals surface area (Å²) in [4.78, 5) is 20.0. The van der Waals surface area contributed by atoms with Crippen molar-refractivity contribution in [3.63, 3.8) is 0 Å². The highest BCUT2D eigenvalue weighted by Gasteiger charge is 2.24. The standard InChI is InChI=1S/C25H24N4O3S/c1-31-21-9-8-18(13-22(21)32-2)12-19(14-26)24(30)28-25-27-20-10-11-29(16-23(20)33-25)15-17-6-4-3-5-7-17/h3-9,12-13H,10-11,15-16H2,1-2H3,(H,27,28,30)/p+1/b19-12+. The molecule has 1 aliphatic rings. The van der Waals surface area contributed by atoms with Crippen molar-refractivity contribution in [3.05, 3.63) is 75.8 Å². The van der Waals surface area contributed by atoms with Gasteiger partial charge >= 0.3 is 0 Å². The van der Waals surface area contributed by atoms with Crippen LogP contribution in [-0.4, -0.2) is 31.7 Å². The van der Waals surface area contributed by atoms with E-state index in [1.807, 2.05) is 12.1 Å². The van der Waals surface area contributed by atoms with E-state index < -0.39 is 5.91 Å². The van der Waals surface area contributed by atoms with Crippen LogP contribution in [0, 0.1) is 11.3 Å². The molecule has 2 aromatic carbocycles. The van der Waals surface area contributed by atoms with E-state index in [0.717, 1.165) is 31.7 Å². The Morgan fingerprint density at radius 2 is 2.00 bits per heavy atom. The Morgan fingerprint density at radius 1 is 1.21 bits per heavy atom. The highest BCUT2D eigenvalue weighted by Crippen LogP contribution is 2.29. The molecule has 0 fully saturated rings. The highest BCUT2D eigenvalue weighted by molar-refractivity contribution is 7.15. The first kappa shape index (κ1) is 22.5. The number of nitrogens with one attached hydrogen (secondary N) is 2. The number of nitrogens with zero attached hydrogens (tertiary/aromatic N) is 2. The van der Waals surface area contributed by atoms with Gasteiger partial charge in [0.05, 0.1) is 31.3 Å². The molecule has 0 saturated carbocycles. The van der Waals surface area contributed by atoms with Crippen molar-refractivity contribution >= 4 is 28.5 Å². The zero-order chi connectivity index (χ0) is 23.2. The Balaban J connectivity index is 1.44. The molecule has 4 rings (SSSR count). The average Bonchev–Trinajstić information content (AvgIpc) is 3.24. The minimum atomic E-state index is -0.480. The fourth-order valence-corrected chi connectivity index (χ4v) is 4.91. The van der Waals surface area contributed by atoms with Crippen LogP contribution in [-0.2, 0) is 24.3 Å². The van der Waals surface area contributed by atoms with Crippen LogP contribution in [0.15, 0.2) is 54.1 Å². The third-order valence-electron chi connectivity index (χ3n) is 5.51. The second-order valence-corrected chi connectivity index (χ2v) is 8.80. The molecule has 1 atom stereocenters. The number of rotatable bonds is 7. The predicted octanol–water partition coefficient (Wildman–Crippen LogP) is 2.85. The summed E-state index contributed by atoms with van der Waals surface area (Å²) in [5.74, 6) is 0.625. The van der Waals surface area contributed by atoms with Crippen LogP contribution >= 0.6 is 11.3 Å². The van der Waals surface area contributed by atoms with Gasteiger partial charge in [-0.1, -0.05) is 47.7 Å². The quantitative estimate of drug-likeness (QED) is 0.417. The molecule has 1 aromatic heterocycles. The van der Waals surface area contributed by atoms with Gasteiger partial charge in [-0.25, -0.2) is 4.98 Å². The van der Waals surface area contributed by atoms with Crippen LogP contribution in [0.4, 0.5) is 5.13 Å². The molecule has 3 aromatic rings. The average molecular weight is 462 g/mol. The van der Waals surface area contributed by atoms with E-state index in [9.17, 15) is 10.1 Å². The number of fused-ring (bicyclic) bond motifs is 1. The SMILES string of the molecule is COc1ccc(/C=C(\C#N)C(=O)Nc2nc3c(s2)C[NH+](Cc2ccccc2)CC3)cc1OC. The van der Waals surface area contributed by atoms with Crippen molar-refractivity contribution in [2.24, 2.45) is 0 Å². The van der Waals surface area contributed by atoms with Gasteiger partial charge in [-0.3, -0.25) is 10.1 Å². The maximum atomic E-state index is 12.7. The fourth-order valence-electron chi connectivity index (χ4n) is 3.84. The number of nitriles is 1. The maximum Gasteiger partial charge on any atom is 0.268 e. The summed E-state index contributed by atoms with van der Waals surface area (Å²) >= 11 is 1.49. The molecule has 1 unspecified atom stereocenters. The minimum absolute atomic E-state index is 0.00767. The van der Waals surface area contributed by atoms with Gasteiger partial charge in [-0.15, -0.1) is 0 Å². The first-order chi connectivity index (χ1) is 16.1. The zero-order valence-corrected chi connectivity index (χ0v) is 19.4. The smallest absolute Gasteiger partial charge is 0.268 e. The summed E-state index contributed by atoms with van der Waals surface area (Å²) in [6.45, 7) is 2.85. The molecule has 7 nitrogen and oxygen atoms in total. The molecule has 33 heavy (non-hydrogen) atoms. The third-order valence-corrected chi connectivity index (χ3v) is 6.52. The van der Waals surface area contributed by atoms with E-state index in [0.29, 0.717) is 22.2 Å². The van der Waals surface area contributed by atoms with Gasteiger partial charge in [0.2, 0.25) is 0 Å². The number of thiazole rings is 1. The van der Waals surface area contributed by atoms with Crippen molar-refractivity contribution < 1.29 is 19.2 Å². The van der Waals surface area contributed by atoms with Gasteiger partial charge in [0.15, 0.2) is 16.6 Å². The number of benzene rings is 2. The number of hydrogen-bond acceptors (Lipinski definition) is 6. The van der Waals surface area contributed by atoms with Crippen LogP contribution in [0.3, 0.4) is 0 Å². The number of methoxy groups -OCH3 is 2. The Kier molecular flexibility index (Phi) is 7.03. The van der Waals surface area contributed by atoms with E-state index in [1.165, 1.54) is 39.9 Å². The van der Waals surface area contributed by atoms with Crippen molar-refractivity contribution in [2.45, 2.75) is 19.5 Å². The molecule has 2 heterocycles. The molecule has 0 saturated heterocycles. The van der Waals surface area contributed by atoms with Crippen LogP contribution in [0.2, 0.25) is 0 Å². The molecule has 0 spiro atoms. The molecule has 2 N–H and O–H groups in total. The van der Waals surface area contributed by atoms with Gasteiger partial charge in [-0.05, 0) is 23.8 Å². The summed E-state index contributed by atoms with van der Waals surface area (Å²) in [5.41, 5.74) is 3.01. The second kappa shape index (κ2) is 10.3. The molecule has 1 amide bonds. The zero-order valence-electron chi connectivity index (χ0n) is 18.6. The van der Waals surface area contributed by atoms with Gasteiger partial charge in [0, 0.05) is 12.0 Å². The first-order valence-corrected chi connectivity index (χ1v) is 11.4. The molecule has 1 aliphatic heterocycles. The van der Waals surface area contributed by atoms with Gasteiger partial charge in [0.1, 0.15) is 24.7 Å². The van der Waals surface area contributed by atoms with Crippen LogP contribution in [0.25, 0.3) is 6.08 Å². The second-order valence-electron chi connectivity index (χ2n) is 7.72. The molecule has 168 valence electrons. The van der Waals surface area contributed by atoms with E-state index in [4.69, 9.17) is 9.47 Å². The normalized spacial score (nSPS) is 15.3. The summed E-state index contributed by atoms with van der Waals surface area (Å²) < 4.78 is 10.5. The predicted molar refractivity (Wildman–Crippen MR) is 127 cm³/mol. The fraction of sp³-hybridized carbons (Fsp3) is 0.240. The summed E-state index contributed by atoms with van der Waals surface area (Å²) in [7, 11) is 3.09. The Labute approximate surface area is 196 Å². The lowest BCUT2D eigenvalue weighted by molar-refractivity contribution is -0.929. The summed E-state index contributed by atoms with van der Waals surface area (Å²) in [5, 5.41) is 12.9. The van der Waals surface area contributed by atoms with Gasteiger partial charge < -0.3 is 14.4 Å². The molecular formula is C25H25N4O3S+. The number of carbonyl (C=O) groups is 1. The highest BCUT2D eigenvalue weighted by atomic mass is 32.1. The molecular weight excluding hydrogens is 436 g/mol. The third kappa shape index (κ3) is 5.40. The largest absolute Gasteiger partial charge is 0.493 e. The Morgan fingerprint density at radius 3 is 2.73 bits per heavy atom. The van der Waals surface area contributed by atoms with Crippen LogP contribution < -0.4 is 19.7 Å². The van der Waals surface area contributed by atoms with Crippen LogP contribution in [0.5, 0.6) is 11.5 Å². The lowest BCUT2D eigenvalue weighted by Gasteiger charge is -2.22. The van der Waals surface area contributed by atoms with Gasteiger partial charge in [-0.2, -0.15) is 5.26 Å². The molecule has 0 bridgehead atoms. The van der Waals surface area contributed by atoms with Crippen molar-refractivity contribution in [1.29, 1.82) is 5.26 Å². The van der Waals surface area contributed by atoms with E-state index in [2.05, 4.69) is 34.6 Å². The molecule has 8 heteroatoms. The topological polar surface area (TPSA) is 88.7 Å². The number of hydrogen-bond donors (Lipinski definition) is 2. The number of anilines is 1. The number of carbonyl (C=O) groups excluding carboxylic acids is 1. The Hall–Kier alpha value is -3.67. The van der Waals surface area contributed by atoms with Gasteiger partial charge in [0.25, 0.3) is 5.91 Å². The molecule has 0 aliphatic carbocycles. The maximum absolute atomic E-state index is 12.7. The van der Waals surface area contributed by atoms with E-state index in [1.54, 1.807) is 25.3 Å². The van der Waals surface area contributed by atoms with Crippen molar-refractivity contribution in [1.82, 2.24) is 4.98 Å². The summed E-state index contributed by atoms with van der Waals surface area (Å²) in [6, 6.07) is 17.6. The summed E-state index contributed by atoms with van der Waals surface area (Å²) in [6.07, 6.45) is 2.40. The first-order valence-electron chi connectivity index (χ1n) is 10.6. The lowest BCUT2D eigenvalue weighted by atomic mass is 10.1. The monoisotopic (exact) mass is 461 g/mol. The number of quaternary nitrogens is 1. The van der Waals surface area contributed by atoms with E-state index in [-0.39, 0.29) is 5.57 Å². The van der Waals surface area contributed by atoms with Crippen molar-refractivity contribution in [3.8, 4) is 17.6 Å². The Bertz CT molecular complexity index is 1210. The number of ether oxygens (including phenoxy) is 2. The number of aromatic nitrogens is 1. The lowest BCUT2D eigenvalue weighted by Crippen LogP contribution is -3.10.